The van der Waals surface area contributed by atoms with Crippen molar-refractivity contribution in [2.75, 3.05) is 36.6 Å². The van der Waals surface area contributed by atoms with E-state index in [1.54, 1.807) is 7.11 Å². The minimum atomic E-state index is 0.911. The molecule has 19 heavy (non-hydrogen) atoms. The van der Waals surface area contributed by atoms with Gasteiger partial charge < -0.3 is 4.74 Å². The van der Waals surface area contributed by atoms with E-state index in [0.717, 1.165) is 24.4 Å². The Morgan fingerprint density at radius 3 is 2.79 bits per heavy atom. The van der Waals surface area contributed by atoms with E-state index in [1.807, 2.05) is 23.9 Å². The molecule has 0 spiro atoms. The number of fused-ring (bicyclic) bond motifs is 1. The number of para-hydroxylation sites is 1. The van der Waals surface area contributed by atoms with Crippen molar-refractivity contribution in [3.05, 3.63) is 29.8 Å². The average molecular weight is 275 g/mol. The summed E-state index contributed by atoms with van der Waals surface area (Å²) in [5.74, 6) is 4.52. The average Bonchev–Trinajstić information content (AvgIpc) is 2.47. The van der Waals surface area contributed by atoms with Crippen LogP contribution < -0.4 is 14.6 Å². The Labute approximate surface area is 118 Å². The molecule has 3 nitrogen and oxygen atoms in total. The molecule has 100 valence electrons. The summed E-state index contributed by atoms with van der Waals surface area (Å²) in [6.45, 7) is 4.39. The van der Waals surface area contributed by atoms with Gasteiger partial charge in [-0.3, -0.25) is 4.90 Å². The number of nitrogens with one attached hydrogen (secondary N) is 1. The van der Waals surface area contributed by atoms with Gasteiger partial charge >= 0.3 is 0 Å². The first-order valence-electron chi connectivity index (χ1n) is 6.62. The highest BCUT2D eigenvalue weighted by molar-refractivity contribution is 7.99. The highest BCUT2D eigenvalue weighted by Crippen LogP contribution is 2.26. The maximum Gasteiger partial charge on any atom is 0.275 e. The summed E-state index contributed by atoms with van der Waals surface area (Å²) in [5.41, 5.74) is 2.39. The molecule has 0 amide bonds. The van der Waals surface area contributed by atoms with Crippen LogP contribution in [0.3, 0.4) is 0 Å². The Balaban J connectivity index is 2.11. The maximum atomic E-state index is 5.47. The summed E-state index contributed by atoms with van der Waals surface area (Å²) in [4.78, 5) is 5.97. The number of thioether (sulfide) groups is 1. The lowest BCUT2D eigenvalue weighted by molar-refractivity contribution is -0.331. The molecule has 0 radical (unpaired) electrons. The predicted octanol–water partition coefficient (Wildman–Crippen LogP) is 2.52. The number of hydrogen-bond acceptors (Lipinski definition) is 3. The summed E-state index contributed by atoms with van der Waals surface area (Å²) in [7, 11) is 1.72. The SMILES string of the molecule is COc1cccc2c(C)cc(N3CCSCC3)[nH+]c12. The van der Waals surface area contributed by atoms with Gasteiger partial charge in [-0.15, -0.1) is 0 Å². The van der Waals surface area contributed by atoms with E-state index in [4.69, 9.17) is 4.74 Å². The van der Waals surface area contributed by atoms with E-state index in [2.05, 4.69) is 28.9 Å². The zero-order valence-corrected chi connectivity index (χ0v) is 12.2. The van der Waals surface area contributed by atoms with E-state index in [9.17, 15) is 0 Å². The molecule has 1 N–H and O–H groups in total. The van der Waals surface area contributed by atoms with Crippen LogP contribution in [0.5, 0.6) is 5.75 Å². The summed E-state index contributed by atoms with van der Waals surface area (Å²) in [5, 5.41) is 1.23. The third-order valence-corrected chi connectivity index (χ3v) is 4.57. The van der Waals surface area contributed by atoms with Gasteiger partial charge in [0.1, 0.15) is 0 Å². The van der Waals surface area contributed by atoms with Gasteiger partial charge in [-0.2, -0.15) is 11.8 Å². The molecule has 2 aromatic rings. The summed E-state index contributed by atoms with van der Waals surface area (Å²) < 4.78 is 5.47. The van der Waals surface area contributed by atoms with E-state index in [-0.39, 0.29) is 0 Å². The number of methoxy groups -OCH3 is 1. The molecule has 0 atom stereocenters. The van der Waals surface area contributed by atoms with E-state index in [0.29, 0.717) is 0 Å². The number of aromatic amines is 1. The van der Waals surface area contributed by atoms with Crippen molar-refractivity contribution < 1.29 is 9.72 Å². The molecule has 0 aliphatic carbocycles. The highest BCUT2D eigenvalue weighted by atomic mass is 32.2. The monoisotopic (exact) mass is 275 g/mol. The Hall–Kier alpha value is -1.42. The summed E-state index contributed by atoms with van der Waals surface area (Å²) in [6.07, 6.45) is 0. The fourth-order valence-electron chi connectivity index (χ4n) is 2.58. The normalized spacial score (nSPS) is 15.8. The third kappa shape index (κ3) is 2.37. The first-order valence-corrected chi connectivity index (χ1v) is 7.77. The van der Waals surface area contributed by atoms with Crippen LogP contribution >= 0.6 is 11.8 Å². The van der Waals surface area contributed by atoms with Crippen LogP contribution in [0.4, 0.5) is 5.82 Å². The smallest absolute Gasteiger partial charge is 0.275 e. The fourth-order valence-corrected chi connectivity index (χ4v) is 3.48. The van der Waals surface area contributed by atoms with Crippen LogP contribution in [0, 0.1) is 6.92 Å². The van der Waals surface area contributed by atoms with Gasteiger partial charge in [0.25, 0.3) is 5.82 Å². The minimum absolute atomic E-state index is 0.911. The van der Waals surface area contributed by atoms with Crippen LogP contribution in [0.2, 0.25) is 0 Å². The molecule has 4 heteroatoms. The second kappa shape index (κ2) is 5.29. The number of H-pyrrole nitrogens is 1. The van der Waals surface area contributed by atoms with Crippen molar-refractivity contribution in [2.45, 2.75) is 6.92 Å². The van der Waals surface area contributed by atoms with Crippen LogP contribution in [-0.4, -0.2) is 31.7 Å². The van der Waals surface area contributed by atoms with Crippen LogP contribution in [0.1, 0.15) is 5.56 Å². The van der Waals surface area contributed by atoms with Gasteiger partial charge in [0.2, 0.25) is 0 Å². The van der Waals surface area contributed by atoms with Gasteiger partial charge in [0.15, 0.2) is 11.3 Å². The number of aromatic nitrogens is 1. The van der Waals surface area contributed by atoms with Crippen molar-refractivity contribution in [2.24, 2.45) is 0 Å². The van der Waals surface area contributed by atoms with Crippen LogP contribution in [0.25, 0.3) is 10.9 Å². The maximum absolute atomic E-state index is 5.47. The number of benzene rings is 1. The van der Waals surface area contributed by atoms with Gasteiger partial charge in [-0.25, -0.2) is 4.98 Å². The lowest BCUT2D eigenvalue weighted by Gasteiger charge is -2.21. The Bertz CT molecular complexity index is 594. The number of hydrogen-bond donors (Lipinski definition) is 0. The zero-order valence-electron chi connectivity index (χ0n) is 11.4. The molecule has 0 saturated carbocycles. The number of pyridine rings is 1. The van der Waals surface area contributed by atoms with Crippen LogP contribution in [0.15, 0.2) is 24.3 Å². The summed E-state index contributed by atoms with van der Waals surface area (Å²) in [6, 6.07) is 8.44. The lowest BCUT2D eigenvalue weighted by atomic mass is 10.1. The molecule has 3 rings (SSSR count). The van der Waals surface area contributed by atoms with E-state index in [1.165, 1.54) is 28.3 Å². The van der Waals surface area contributed by atoms with Crippen molar-refractivity contribution in [3.63, 3.8) is 0 Å². The molecule has 1 aromatic heterocycles. The van der Waals surface area contributed by atoms with Gasteiger partial charge in [0.05, 0.1) is 20.2 Å². The standard InChI is InChI=1S/C15H18N2OS/c1-11-10-14(17-6-8-19-9-7-17)16-15-12(11)4-3-5-13(15)18-2/h3-5,10H,6-9H2,1-2H3/p+1. The second-order valence-electron chi connectivity index (χ2n) is 4.82. The molecule has 1 aliphatic rings. The van der Waals surface area contributed by atoms with E-state index < -0.39 is 0 Å². The molecule has 0 bridgehead atoms. The Kier molecular flexibility index (Phi) is 3.51. The predicted molar refractivity (Wildman–Crippen MR) is 81.3 cm³/mol. The quantitative estimate of drug-likeness (QED) is 0.842. The first-order chi connectivity index (χ1) is 9.29. The molecule has 1 saturated heterocycles. The lowest BCUT2D eigenvalue weighted by Crippen LogP contribution is -2.36. The molecule has 1 aliphatic heterocycles. The Morgan fingerprint density at radius 1 is 1.26 bits per heavy atom. The number of anilines is 1. The van der Waals surface area contributed by atoms with Gasteiger partial charge in [0, 0.05) is 23.0 Å². The summed E-state index contributed by atoms with van der Waals surface area (Å²) >= 11 is 2.03. The molecular formula is C15H19N2OS+. The number of ether oxygens (including phenoxy) is 1. The number of aryl methyl sites for hydroxylation is 1. The molecule has 2 heterocycles. The third-order valence-electron chi connectivity index (χ3n) is 3.63. The molecule has 0 unspecified atom stereocenters. The van der Waals surface area contributed by atoms with E-state index >= 15 is 0 Å². The zero-order chi connectivity index (χ0) is 13.2. The second-order valence-corrected chi connectivity index (χ2v) is 6.04. The first kappa shape index (κ1) is 12.6. The highest BCUT2D eigenvalue weighted by Gasteiger charge is 2.21. The minimum Gasteiger partial charge on any atom is -0.492 e. The number of nitrogens with zero attached hydrogens (tertiary/aromatic N) is 1. The van der Waals surface area contributed by atoms with Crippen molar-refractivity contribution in [1.29, 1.82) is 0 Å². The number of rotatable bonds is 2. The van der Waals surface area contributed by atoms with Crippen molar-refractivity contribution in [3.8, 4) is 5.75 Å². The van der Waals surface area contributed by atoms with Crippen LogP contribution in [-0.2, 0) is 0 Å². The van der Waals surface area contributed by atoms with Crippen molar-refractivity contribution >= 4 is 28.5 Å². The van der Waals surface area contributed by atoms with Gasteiger partial charge in [-0.05, 0) is 18.6 Å². The Morgan fingerprint density at radius 2 is 2.05 bits per heavy atom. The van der Waals surface area contributed by atoms with Crippen molar-refractivity contribution in [1.82, 2.24) is 0 Å². The largest absolute Gasteiger partial charge is 0.492 e. The molecular weight excluding hydrogens is 256 g/mol. The fraction of sp³-hybridized carbons (Fsp3) is 0.400. The van der Waals surface area contributed by atoms with Gasteiger partial charge in [-0.1, -0.05) is 12.1 Å². The molecule has 1 aromatic carbocycles. The topological polar surface area (TPSA) is 26.6 Å². The molecule has 1 fully saturated rings.